The molecular weight excluding hydrogens is 350 g/mol. The number of carbonyl (C=O) groups excluding carboxylic acids is 2. The fraction of sp³-hybridized carbons (Fsp3) is 0.158. The number of methoxy groups -OCH3 is 1. The summed E-state index contributed by atoms with van der Waals surface area (Å²) in [7, 11) is 1.31. The average Bonchev–Trinajstić information content (AvgIpc) is 2.67. The zero-order valence-electron chi connectivity index (χ0n) is 13.9. The van der Waals surface area contributed by atoms with Crippen LogP contribution >= 0.6 is 12.2 Å². The first-order chi connectivity index (χ1) is 12.6. The van der Waals surface area contributed by atoms with E-state index in [9.17, 15) is 15.0 Å². The molecule has 0 saturated carbocycles. The van der Waals surface area contributed by atoms with E-state index < -0.39 is 17.9 Å². The fourth-order valence-corrected chi connectivity index (χ4v) is 3.30. The van der Waals surface area contributed by atoms with Gasteiger partial charge < -0.3 is 15.5 Å². The second kappa shape index (κ2) is 7.39. The molecule has 0 spiro atoms. The van der Waals surface area contributed by atoms with E-state index in [2.05, 4.69) is 11.2 Å². The van der Waals surface area contributed by atoms with Gasteiger partial charge in [0.05, 0.1) is 18.6 Å². The Labute approximate surface area is 155 Å². The van der Waals surface area contributed by atoms with Gasteiger partial charge in [0.2, 0.25) is 6.04 Å². The number of carbonyl (C=O) groups is 2. The summed E-state index contributed by atoms with van der Waals surface area (Å²) in [6, 6.07) is 11.4. The summed E-state index contributed by atoms with van der Waals surface area (Å²) in [6.45, 7) is 0. The van der Waals surface area contributed by atoms with Crippen molar-refractivity contribution >= 4 is 35.0 Å². The highest BCUT2D eigenvalue weighted by Crippen LogP contribution is 2.35. The molecule has 0 aliphatic carbocycles. The third-order valence-corrected chi connectivity index (χ3v) is 4.57. The Bertz CT molecular complexity index is 919. The summed E-state index contributed by atoms with van der Waals surface area (Å²) in [5.41, 5.74) is 1.42. The summed E-state index contributed by atoms with van der Waals surface area (Å²) in [5, 5.41) is 12.2. The molecule has 1 fully saturated rings. The lowest BCUT2D eigenvalue weighted by Crippen LogP contribution is -2.56. The quantitative estimate of drug-likeness (QED) is 0.295. The number of nitrogens with zero attached hydrogens (tertiary/aromatic N) is 2. The van der Waals surface area contributed by atoms with E-state index >= 15 is 0 Å². The maximum absolute atomic E-state index is 12.7. The summed E-state index contributed by atoms with van der Waals surface area (Å²) < 4.78 is 6.45. The first-order valence-corrected chi connectivity index (χ1v) is 8.24. The molecule has 2 heterocycles. The Morgan fingerprint density at radius 3 is 2.46 bits per heavy atom. The monoisotopic (exact) mass is 365 g/mol. The highest BCUT2D eigenvalue weighted by molar-refractivity contribution is 7.80. The van der Waals surface area contributed by atoms with Crippen LogP contribution in [0.15, 0.2) is 60.4 Å². The van der Waals surface area contributed by atoms with Crippen LogP contribution in [0.5, 0.6) is 0 Å². The molecule has 6 nitrogen and oxygen atoms in total. The van der Waals surface area contributed by atoms with Crippen LogP contribution in [0.25, 0.3) is 5.41 Å². The van der Waals surface area contributed by atoms with Crippen molar-refractivity contribution in [3.63, 3.8) is 0 Å². The third kappa shape index (κ3) is 3.18. The van der Waals surface area contributed by atoms with Crippen molar-refractivity contribution in [1.29, 1.82) is 0 Å². The Morgan fingerprint density at radius 1 is 1.23 bits per heavy atom. The molecule has 1 N–H and O–H groups in total. The molecule has 1 aliphatic heterocycles. The topological polar surface area (TPSA) is 81.6 Å². The van der Waals surface area contributed by atoms with Crippen molar-refractivity contribution in [2.45, 2.75) is 12.0 Å². The Balaban J connectivity index is 2.11. The van der Waals surface area contributed by atoms with Gasteiger partial charge in [0.25, 0.3) is 5.91 Å². The Morgan fingerprint density at radius 2 is 1.88 bits per heavy atom. The van der Waals surface area contributed by atoms with Gasteiger partial charge in [-0.2, -0.15) is 4.57 Å². The smallest absolute Gasteiger partial charge is 0.337 e. The molecule has 26 heavy (non-hydrogen) atoms. The van der Waals surface area contributed by atoms with Gasteiger partial charge in [0, 0.05) is 17.7 Å². The fourth-order valence-electron chi connectivity index (χ4n) is 3.02. The van der Waals surface area contributed by atoms with Crippen LogP contribution in [0.1, 0.15) is 27.9 Å². The van der Waals surface area contributed by atoms with Crippen molar-refractivity contribution in [2.75, 3.05) is 7.11 Å². The molecule has 1 saturated heterocycles. The van der Waals surface area contributed by atoms with E-state index in [1.807, 2.05) is 18.2 Å². The molecule has 130 valence electrons. The molecule has 2 unspecified atom stereocenters. The van der Waals surface area contributed by atoms with E-state index in [1.165, 1.54) is 7.11 Å². The minimum atomic E-state index is -0.665. The molecular formula is C19H15N3O3S. The molecule has 0 bridgehead atoms. The van der Waals surface area contributed by atoms with Gasteiger partial charge in [-0.25, -0.2) is 4.79 Å². The number of amides is 1. The van der Waals surface area contributed by atoms with Gasteiger partial charge in [0.1, 0.15) is 4.99 Å². The maximum Gasteiger partial charge on any atom is 0.337 e. The number of pyridine rings is 1. The minimum Gasteiger partial charge on any atom is -0.763 e. The van der Waals surface area contributed by atoms with Crippen LogP contribution in [0, 0.1) is 0 Å². The van der Waals surface area contributed by atoms with E-state index in [0.29, 0.717) is 16.7 Å². The highest BCUT2D eigenvalue weighted by Gasteiger charge is 2.44. The second-order valence-electron chi connectivity index (χ2n) is 5.70. The van der Waals surface area contributed by atoms with Gasteiger partial charge >= 0.3 is 5.97 Å². The number of benzene rings is 1. The van der Waals surface area contributed by atoms with Crippen LogP contribution in [-0.4, -0.2) is 29.8 Å². The first kappa shape index (κ1) is 17.7. The van der Waals surface area contributed by atoms with Crippen molar-refractivity contribution in [3.8, 4) is 0 Å². The third-order valence-electron chi connectivity index (χ3n) is 4.25. The highest BCUT2D eigenvalue weighted by atomic mass is 32.1. The van der Waals surface area contributed by atoms with Crippen LogP contribution < -0.4 is 9.88 Å². The van der Waals surface area contributed by atoms with E-state index in [4.69, 9.17) is 17.0 Å². The van der Waals surface area contributed by atoms with Crippen molar-refractivity contribution < 1.29 is 18.9 Å². The van der Waals surface area contributed by atoms with Gasteiger partial charge in [-0.1, -0.05) is 30.4 Å². The minimum absolute atomic E-state index is 0.132. The largest absolute Gasteiger partial charge is 0.763 e. The molecule has 2 atom stereocenters. The van der Waals surface area contributed by atoms with Crippen molar-refractivity contribution in [2.24, 2.45) is 0 Å². The van der Waals surface area contributed by atoms with Gasteiger partial charge in [-0.3, -0.25) is 10.7 Å². The lowest BCUT2D eigenvalue weighted by Gasteiger charge is -2.30. The number of esters is 1. The Hall–Kier alpha value is -3.15. The number of aromatic nitrogens is 1. The standard InChI is InChI=1S/C19H15N3O3S/c1-25-19(24)13-7-5-12(6-8-13)15-14(11-20)18(26)21-17(23)16(15)22-9-3-2-4-10-22/h2-10,15-16H,1H3,(H,21,23,26). The van der Waals surface area contributed by atoms with Gasteiger partial charge in [-0.15, -0.1) is 0 Å². The number of hydrogen-bond acceptors (Lipinski definition) is 4. The predicted octanol–water partition coefficient (Wildman–Crippen LogP) is 1.71. The van der Waals surface area contributed by atoms with E-state index in [0.717, 1.165) is 0 Å². The summed E-state index contributed by atoms with van der Waals surface area (Å²) in [4.78, 5) is 24.4. The molecule has 1 aromatic carbocycles. The molecule has 0 radical (unpaired) electrons. The number of hydrogen-bond donors (Lipinski definition) is 1. The molecule has 1 amide bonds. The molecule has 1 aromatic heterocycles. The Kier molecular flexibility index (Phi) is 5.02. The summed E-state index contributed by atoms with van der Waals surface area (Å²) >= 11 is 5.19. The molecule has 7 heteroatoms. The zero-order chi connectivity index (χ0) is 18.7. The lowest BCUT2D eigenvalue weighted by atomic mass is 9.81. The second-order valence-corrected chi connectivity index (χ2v) is 6.11. The molecule has 2 aromatic rings. The van der Waals surface area contributed by atoms with Crippen LogP contribution in [-0.2, 0) is 9.53 Å². The molecule has 1 aliphatic rings. The lowest BCUT2D eigenvalue weighted by molar-refractivity contribution is -0.711. The van der Waals surface area contributed by atoms with E-state index in [-0.39, 0.29) is 10.9 Å². The molecule has 3 rings (SSSR count). The number of rotatable bonds is 3. The van der Waals surface area contributed by atoms with Crippen LogP contribution in [0.3, 0.4) is 0 Å². The number of thiocarbonyl (C=S) groups is 1. The van der Waals surface area contributed by atoms with Gasteiger partial charge in [0.15, 0.2) is 12.4 Å². The maximum atomic E-state index is 12.7. The van der Waals surface area contributed by atoms with Crippen LogP contribution in [0.2, 0.25) is 0 Å². The summed E-state index contributed by atoms with van der Waals surface area (Å²) in [6.07, 6.45) is 3.53. The van der Waals surface area contributed by atoms with E-state index in [1.54, 1.807) is 41.2 Å². The first-order valence-electron chi connectivity index (χ1n) is 7.83. The SMILES string of the molecule is COC(=O)c1ccc(C2C(=C=[N-])C(=S)NC(=O)C2[n+]2ccccc2)cc1. The van der Waals surface area contributed by atoms with Crippen LogP contribution in [0.4, 0.5) is 0 Å². The number of piperidine rings is 1. The van der Waals surface area contributed by atoms with Gasteiger partial charge in [-0.05, 0) is 17.7 Å². The summed E-state index contributed by atoms with van der Waals surface area (Å²) in [5.74, 6) is 0.835. The normalized spacial score (nSPS) is 19.5. The van der Waals surface area contributed by atoms with Crippen molar-refractivity contribution in [1.82, 2.24) is 5.32 Å². The predicted molar refractivity (Wildman–Crippen MR) is 98.8 cm³/mol. The number of ether oxygens (including phenoxy) is 1. The van der Waals surface area contributed by atoms with Crippen molar-refractivity contribution in [3.05, 3.63) is 77.0 Å². The zero-order valence-corrected chi connectivity index (χ0v) is 14.7. The number of nitrogens with one attached hydrogen (secondary N) is 1. The average molecular weight is 365 g/mol.